The van der Waals surface area contributed by atoms with Crippen molar-refractivity contribution in [2.45, 2.75) is 6.54 Å². The molecular weight excluding hydrogens is 286 g/mol. The number of ether oxygens (including phenoxy) is 1. The summed E-state index contributed by atoms with van der Waals surface area (Å²) in [5.41, 5.74) is 14.1. The molecule has 0 radical (unpaired) electrons. The van der Waals surface area contributed by atoms with Crippen molar-refractivity contribution in [3.63, 3.8) is 0 Å². The van der Waals surface area contributed by atoms with Crippen LogP contribution < -0.4 is 21.6 Å². The smallest absolute Gasteiger partial charge is 0.260 e. The maximum absolute atomic E-state index is 10.7. The van der Waals surface area contributed by atoms with E-state index in [9.17, 15) is 4.79 Å². The van der Waals surface area contributed by atoms with Crippen molar-refractivity contribution in [3.8, 4) is 5.75 Å². The number of nitrogen functional groups attached to an aromatic ring is 1. The summed E-state index contributed by atoms with van der Waals surface area (Å²) in [6, 6.07) is 4.98. The van der Waals surface area contributed by atoms with Crippen molar-refractivity contribution in [1.29, 1.82) is 0 Å². The quantitative estimate of drug-likeness (QED) is 0.655. The van der Waals surface area contributed by atoms with E-state index in [2.05, 4.69) is 21.0 Å². The van der Waals surface area contributed by atoms with E-state index < -0.39 is 5.91 Å². The van der Waals surface area contributed by atoms with E-state index in [1.165, 1.54) is 4.79 Å². The van der Waals surface area contributed by atoms with Crippen LogP contribution in [-0.4, -0.2) is 32.8 Å². The van der Waals surface area contributed by atoms with Crippen molar-refractivity contribution in [3.05, 3.63) is 28.8 Å². The second-order valence-corrected chi connectivity index (χ2v) is 4.23. The summed E-state index contributed by atoms with van der Waals surface area (Å²) < 4.78 is 5.29. The molecule has 106 valence electrons. The fraction of sp³-hybridized carbons (Fsp3) is 0.200. The number of primary amides is 1. The molecule has 1 heterocycles. The van der Waals surface area contributed by atoms with Gasteiger partial charge in [0.1, 0.15) is 5.75 Å². The molecule has 10 heteroatoms. The standard InChI is InChI=1S/C10H12ClN7O2/c11-7-1-2-8(20-5-9(12)19)6(3-7)4-14-18-10(13)15-16-17-18/h1-3,14H,4-5H2,(H2,12,19)(H2,13,15,17). The Balaban J connectivity index is 2.10. The third-order valence-corrected chi connectivity index (χ3v) is 2.54. The summed E-state index contributed by atoms with van der Waals surface area (Å²) in [4.78, 5) is 12.0. The zero-order valence-electron chi connectivity index (χ0n) is 10.3. The highest BCUT2D eigenvalue weighted by Gasteiger charge is 2.08. The number of hydrogen-bond acceptors (Lipinski definition) is 7. The summed E-state index contributed by atoms with van der Waals surface area (Å²) in [5, 5.41) is 11.1. The molecule has 1 aromatic heterocycles. The van der Waals surface area contributed by atoms with Gasteiger partial charge >= 0.3 is 0 Å². The predicted octanol–water partition coefficient (Wildman–Crippen LogP) is -0.484. The van der Waals surface area contributed by atoms with Gasteiger partial charge in [-0.2, -0.15) is 0 Å². The molecule has 0 spiro atoms. The van der Waals surface area contributed by atoms with E-state index in [-0.39, 0.29) is 12.6 Å². The Kier molecular flexibility index (Phi) is 4.20. The number of tetrazole rings is 1. The zero-order valence-corrected chi connectivity index (χ0v) is 11.0. The number of carbonyl (C=O) groups excluding carboxylic acids is 1. The summed E-state index contributed by atoms with van der Waals surface area (Å²) in [6.45, 7) is 0.0749. The number of aromatic nitrogens is 4. The number of nitrogens with zero attached hydrogens (tertiary/aromatic N) is 4. The third-order valence-electron chi connectivity index (χ3n) is 2.31. The average Bonchev–Trinajstić information content (AvgIpc) is 2.80. The third kappa shape index (κ3) is 3.48. The molecular formula is C10H12ClN7O2. The first kappa shape index (κ1) is 13.9. The molecule has 0 unspecified atom stereocenters. The first-order valence-electron chi connectivity index (χ1n) is 5.53. The Hall–Kier alpha value is -2.55. The highest BCUT2D eigenvalue weighted by molar-refractivity contribution is 6.30. The Morgan fingerprint density at radius 1 is 1.50 bits per heavy atom. The number of anilines is 1. The first-order chi connectivity index (χ1) is 9.56. The van der Waals surface area contributed by atoms with Crippen LogP contribution in [0.2, 0.25) is 5.02 Å². The van der Waals surface area contributed by atoms with Crippen molar-refractivity contribution < 1.29 is 9.53 Å². The number of rotatable bonds is 6. The van der Waals surface area contributed by atoms with Crippen molar-refractivity contribution in [1.82, 2.24) is 20.3 Å². The largest absolute Gasteiger partial charge is 0.483 e. The van der Waals surface area contributed by atoms with Crippen LogP contribution in [0.3, 0.4) is 0 Å². The molecule has 2 aromatic rings. The van der Waals surface area contributed by atoms with Gasteiger partial charge in [-0.15, -0.1) is 4.79 Å². The summed E-state index contributed by atoms with van der Waals surface area (Å²) in [5.74, 6) is 0.0301. The Bertz CT molecular complexity index is 615. The van der Waals surface area contributed by atoms with E-state index in [4.69, 9.17) is 27.8 Å². The van der Waals surface area contributed by atoms with Gasteiger partial charge in [0.15, 0.2) is 6.61 Å². The van der Waals surface area contributed by atoms with E-state index in [0.717, 1.165) is 0 Å². The van der Waals surface area contributed by atoms with Gasteiger partial charge < -0.3 is 21.6 Å². The highest BCUT2D eigenvalue weighted by Crippen LogP contribution is 2.23. The minimum atomic E-state index is -0.566. The van der Waals surface area contributed by atoms with Crippen LogP contribution in [0, 0.1) is 0 Å². The van der Waals surface area contributed by atoms with Gasteiger partial charge in [0, 0.05) is 10.6 Å². The minimum Gasteiger partial charge on any atom is -0.483 e. The molecule has 9 nitrogen and oxygen atoms in total. The lowest BCUT2D eigenvalue weighted by atomic mass is 10.2. The minimum absolute atomic E-state index is 0.117. The number of nitrogens with one attached hydrogen (secondary N) is 1. The molecule has 0 aliphatic rings. The second kappa shape index (κ2) is 6.06. The molecule has 1 aromatic carbocycles. The molecule has 20 heavy (non-hydrogen) atoms. The van der Waals surface area contributed by atoms with Crippen LogP contribution in [0.25, 0.3) is 0 Å². The topological polar surface area (TPSA) is 134 Å². The molecule has 0 bridgehead atoms. The monoisotopic (exact) mass is 297 g/mol. The molecule has 0 atom stereocenters. The molecule has 1 amide bonds. The Morgan fingerprint density at radius 3 is 2.95 bits per heavy atom. The van der Waals surface area contributed by atoms with Crippen LogP contribution in [-0.2, 0) is 11.3 Å². The van der Waals surface area contributed by atoms with E-state index in [0.29, 0.717) is 22.9 Å². The van der Waals surface area contributed by atoms with Gasteiger partial charge in [-0.25, -0.2) is 0 Å². The predicted molar refractivity (Wildman–Crippen MR) is 71.4 cm³/mol. The number of nitrogens with two attached hydrogens (primary N) is 2. The van der Waals surface area contributed by atoms with Gasteiger partial charge in [-0.05, 0) is 28.6 Å². The normalized spacial score (nSPS) is 10.2. The first-order valence-corrected chi connectivity index (χ1v) is 5.91. The van der Waals surface area contributed by atoms with Gasteiger partial charge in [-0.3, -0.25) is 4.79 Å². The Labute approximate surface area is 118 Å². The summed E-state index contributed by atoms with van der Waals surface area (Å²) in [7, 11) is 0. The van der Waals surface area contributed by atoms with Crippen molar-refractivity contribution >= 4 is 23.5 Å². The SMILES string of the molecule is NC(=O)COc1ccc(Cl)cc1CNn1nnnc1N. The van der Waals surface area contributed by atoms with Crippen LogP contribution in [0.15, 0.2) is 18.2 Å². The van der Waals surface area contributed by atoms with Crippen molar-refractivity contribution in [2.24, 2.45) is 5.73 Å². The fourth-order valence-electron chi connectivity index (χ4n) is 1.44. The lowest BCUT2D eigenvalue weighted by molar-refractivity contribution is -0.119. The molecule has 5 N–H and O–H groups in total. The van der Waals surface area contributed by atoms with Crippen molar-refractivity contribution in [2.75, 3.05) is 17.8 Å². The van der Waals surface area contributed by atoms with E-state index in [1.54, 1.807) is 18.2 Å². The van der Waals surface area contributed by atoms with E-state index in [1.807, 2.05) is 0 Å². The van der Waals surface area contributed by atoms with Crippen LogP contribution in [0.5, 0.6) is 5.75 Å². The van der Waals surface area contributed by atoms with Crippen LogP contribution in [0.4, 0.5) is 5.95 Å². The van der Waals surface area contributed by atoms with Crippen LogP contribution >= 0.6 is 11.6 Å². The molecule has 0 fully saturated rings. The second-order valence-electron chi connectivity index (χ2n) is 3.79. The zero-order chi connectivity index (χ0) is 14.5. The van der Waals surface area contributed by atoms with Crippen LogP contribution in [0.1, 0.15) is 5.56 Å². The molecule has 0 saturated carbocycles. The summed E-state index contributed by atoms with van der Waals surface area (Å²) >= 11 is 5.92. The average molecular weight is 298 g/mol. The van der Waals surface area contributed by atoms with Gasteiger partial charge in [0.25, 0.3) is 11.9 Å². The van der Waals surface area contributed by atoms with E-state index >= 15 is 0 Å². The maximum Gasteiger partial charge on any atom is 0.260 e. The molecule has 0 aliphatic heterocycles. The Morgan fingerprint density at radius 2 is 2.30 bits per heavy atom. The number of hydrogen-bond donors (Lipinski definition) is 3. The highest BCUT2D eigenvalue weighted by atomic mass is 35.5. The van der Waals surface area contributed by atoms with Gasteiger partial charge in [-0.1, -0.05) is 16.7 Å². The number of halogens is 1. The molecule has 0 aliphatic carbocycles. The molecule has 2 rings (SSSR count). The molecule has 0 saturated heterocycles. The van der Waals surface area contributed by atoms with Gasteiger partial charge in [0.2, 0.25) is 0 Å². The maximum atomic E-state index is 10.7. The number of benzene rings is 1. The van der Waals surface area contributed by atoms with Gasteiger partial charge in [0.05, 0.1) is 6.54 Å². The lowest BCUT2D eigenvalue weighted by Crippen LogP contribution is -2.22. The number of carbonyl (C=O) groups is 1. The number of amides is 1. The summed E-state index contributed by atoms with van der Waals surface area (Å²) in [6.07, 6.45) is 0. The lowest BCUT2D eigenvalue weighted by Gasteiger charge is -2.12. The fourth-order valence-corrected chi connectivity index (χ4v) is 1.64.